The summed E-state index contributed by atoms with van der Waals surface area (Å²) >= 11 is 1.62. The van der Waals surface area contributed by atoms with E-state index in [4.69, 9.17) is 0 Å². The minimum Gasteiger partial charge on any atom is -0.338 e. The van der Waals surface area contributed by atoms with Crippen molar-refractivity contribution in [3.05, 3.63) is 41.9 Å². The fourth-order valence-electron chi connectivity index (χ4n) is 3.51. The Labute approximate surface area is 174 Å². The first kappa shape index (κ1) is 20.0. The smallest absolute Gasteiger partial charge is 0.281 e. The molecule has 8 nitrogen and oxygen atoms in total. The van der Waals surface area contributed by atoms with E-state index < -0.39 is 10.2 Å². The molecule has 4 heterocycles. The van der Waals surface area contributed by atoms with Gasteiger partial charge >= 0.3 is 0 Å². The van der Waals surface area contributed by atoms with E-state index in [1.807, 2.05) is 34.2 Å². The quantitative estimate of drug-likeness (QED) is 0.614. The van der Waals surface area contributed by atoms with Crippen molar-refractivity contribution in [3.63, 3.8) is 0 Å². The van der Waals surface area contributed by atoms with Crippen LogP contribution in [0.4, 0.5) is 0 Å². The summed E-state index contributed by atoms with van der Waals surface area (Å²) in [6.07, 6.45) is 1.73. The Hall–Kier alpha value is -2.27. The van der Waals surface area contributed by atoms with Crippen LogP contribution in [0, 0.1) is 0 Å². The van der Waals surface area contributed by atoms with Gasteiger partial charge in [0.25, 0.3) is 10.2 Å². The molecule has 1 amide bonds. The van der Waals surface area contributed by atoms with Gasteiger partial charge in [-0.2, -0.15) is 17.0 Å². The third kappa shape index (κ3) is 3.80. The number of carbonyl (C=O) groups excluding carboxylic acids is 1. The lowest BCUT2D eigenvalue weighted by Gasteiger charge is -2.35. The molecule has 1 saturated heterocycles. The van der Waals surface area contributed by atoms with Crippen LogP contribution >= 0.6 is 11.3 Å². The SMILES string of the molecule is CN(C)S(=O)(=O)N1CCN(C(=O)Cn2c(-c3cccs3)cc3cccnc32)CC1. The highest BCUT2D eigenvalue weighted by Crippen LogP contribution is 2.30. The number of carbonyl (C=O) groups is 1. The summed E-state index contributed by atoms with van der Waals surface area (Å²) in [5, 5.41) is 3.00. The van der Waals surface area contributed by atoms with Gasteiger partial charge in [0.15, 0.2) is 0 Å². The number of amides is 1. The number of piperazine rings is 1. The number of hydrogen-bond donors (Lipinski definition) is 0. The fourth-order valence-corrected chi connectivity index (χ4v) is 5.35. The molecule has 3 aromatic rings. The minimum atomic E-state index is -3.45. The largest absolute Gasteiger partial charge is 0.338 e. The summed E-state index contributed by atoms with van der Waals surface area (Å²) in [7, 11) is -0.415. The number of rotatable bonds is 5. The average Bonchev–Trinajstić information content (AvgIpc) is 3.36. The molecule has 1 fully saturated rings. The number of aromatic nitrogens is 2. The lowest BCUT2D eigenvalue weighted by atomic mass is 10.3. The second-order valence-corrected chi connectivity index (χ2v) is 10.2. The van der Waals surface area contributed by atoms with Crippen LogP contribution in [0.3, 0.4) is 0 Å². The van der Waals surface area contributed by atoms with Crippen LogP contribution in [-0.4, -0.2) is 77.7 Å². The summed E-state index contributed by atoms with van der Waals surface area (Å²) in [6.45, 7) is 1.54. The molecule has 3 aromatic heterocycles. The summed E-state index contributed by atoms with van der Waals surface area (Å²) in [5.74, 6) is -0.0344. The van der Waals surface area contributed by atoms with Crippen LogP contribution in [0.15, 0.2) is 41.9 Å². The third-order valence-corrected chi connectivity index (χ3v) is 7.93. The molecule has 0 aromatic carbocycles. The van der Waals surface area contributed by atoms with Gasteiger partial charge in [0.1, 0.15) is 12.2 Å². The molecule has 0 spiro atoms. The highest BCUT2D eigenvalue weighted by Gasteiger charge is 2.30. The standard InChI is InChI=1S/C19H23N5O3S2/c1-21(2)29(26,27)23-10-8-22(9-11-23)18(25)14-24-16(17-6-4-12-28-17)13-15-5-3-7-20-19(15)24/h3-7,12-13H,8-11,14H2,1-2H3. The first-order chi connectivity index (χ1) is 13.9. The van der Waals surface area contributed by atoms with E-state index in [0.29, 0.717) is 26.2 Å². The Morgan fingerprint density at radius 3 is 2.59 bits per heavy atom. The van der Waals surface area contributed by atoms with Crippen LogP contribution in [0.1, 0.15) is 0 Å². The maximum atomic E-state index is 13.0. The van der Waals surface area contributed by atoms with Crippen molar-refractivity contribution in [2.24, 2.45) is 0 Å². The molecule has 0 aliphatic carbocycles. The van der Waals surface area contributed by atoms with Crippen LogP contribution in [-0.2, 0) is 21.5 Å². The molecular formula is C19H23N5O3S2. The Morgan fingerprint density at radius 2 is 1.93 bits per heavy atom. The lowest BCUT2D eigenvalue weighted by Crippen LogP contribution is -2.53. The fraction of sp³-hybridized carbons (Fsp3) is 0.368. The number of hydrogen-bond acceptors (Lipinski definition) is 5. The predicted octanol–water partition coefficient (Wildman–Crippen LogP) is 1.72. The highest BCUT2D eigenvalue weighted by atomic mass is 32.2. The summed E-state index contributed by atoms with van der Waals surface area (Å²) < 4.78 is 29.1. The van der Waals surface area contributed by atoms with E-state index in [0.717, 1.165) is 21.6 Å². The van der Waals surface area contributed by atoms with Crippen LogP contribution in [0.2, 0.25) is 0 Å². The van der Waals surface area contributed by atoms with Crippen molar-refractivity contribution in [2.75, 3.05) is 40.3 Å². The normalized spacial score (nSPS) is 16.0. The van der Waals surface area contributed by atoms with E-state index in [9.17, 15) is 13.2 Å². The summed E-state index contributed by atoms with van der Waals surface area (Å²) in [5.41, 5.74) is 1.74. The average molecular weight is 434 g/mol. The monoisotopic (exact) mass is 433 g/mol. The summed E-state index contributed by atoms with van der Waals surface area (Å²) in [6, 6.07) is 9.96. The first-order valence-corrected chi connectivity index (χ1v) is 11.6. The van der Waals surface area contributed by atoms with Crippen LogP contribution in [0.5, 0.6) is 0 Å². The second-order valence-electron chi connectivity index (χ2n) is 7.08. The molecule has 0 radical (unpaired) electrons. The minimum absolute atomic E-state index is 0.0344. The van der Waals surface area contributed by atoms with Gasteiger partial charge in [-0.05, 0) is 29.6 Å². The molecular weight excluding hydrogens is 410 g/mol. The molecule has 10 heteroatoms. The van der Waals surface area contributed by atoms with Crippen molar-refractivity contribution >= 4 is 38.5 Å². The summed E-state index contributed by atoms with van der Waals surface area (Å²) in [4.78, 5) is 20.3. The number of pyridine rings is 1. The molecule has 0 bridgehead atoms. The van der Waals surface area contributed by atoms with Gasteiger partial charge in [-0.3, -0.25) is 4.79 Å². The molecule has 4 rings (SSSR count). The Bertz CT molecular complexity index is 1110. The number of thiophene rings is 1. The van der Waals surface area contributed by atoms with E-state index >= 15 is 0 Å². The van der Waals surface area contributed by atoms with Crippen molar-refractivity contribution in [3.8, 4) is 10.6 Å². The van der Waals surface area contributed by atoms with E-state index in [-0.39, 0.29) is 12.5 Å². The molecule has 29 heavy (non-hydrogen) atoms. The lowest BCUT2D eigenvalue weighted by molar-refractivity contribution is -0.132. The third-order valence-electron chi connectivity index (χ3n) is 5.10. The Morgan fingerprint density at radius 1 is 1.17 bits per heavy atom. The molecule has 0 saturated carbocycles. The Kier molecular flexibility index (Phi) is 5.43. The van der Waals surface area contributed by atoms with Gasteiger partial charge in [0, 0.05) is 51.9 Å². The molecule has 0 N–H and O–H groups in total. The Balaban J connectivity index is 1.54. The van der Waals surface area contributed by atoms with Gasteiger partial charge in [-0.25, -0.2) is 4.98 Å². The second kappa shape index (κ2) is 7.86. The van der Waals surface area contributed by atoms with Gasteiger partial charge in [0.05, 0.1) is 10.6 Å². The molecule has 0 unspecified atom stereocenters. The molecule has 0 atom stereocenters. The van der Waals surface area contributed by atoms with Gasteiger partial charge in [0.2, 0.25) is 5.91 Å². The maximum Gasteiger partial charge on any atom is 0.281 e. The zero-order valence-electron chi connectivity index (χ0n) is 16.4. The molecule has 1 aliphatic rings. The van der Waals surface area contributed by atoms with E-state index in [2.05, 4.69) is 11.1 Å². The highest BCUT2D eigenvalue weighted by molar-refractivity contribution is 7.86. The van der Waals surface area contributed by atoms with Crippen molar-refractivity contribution in [1.82, 2.24) is 23.1 Å². The van der Waals surface area contributed by atoms with Crippen LogP contribution in [0.25, 0.3) is 21.6 Å². The van der Waals surface area contributed by atoms with E-state index in [1.54, 1.807) is 22.4 Å². The van der Waals surface area contributed by atoms with Gasteiger partial charge in [-0.1, -0.05) is 6.07 Å². The van der Waals surface area contributed by atoms with E-state index in [1.165, 1.54) is 22.7 Å². The zero-order valence-corrected chi connectivity index (χ0v) is 18.0. The van der Waals surface area contributed by atoms with Crippen molar-refractivity contribution in [1.29, 1.82) is 0 Å². The number of fused-ring (bicyclic) bond motifs is 1. The van der Waals surface area contributed by atoms with Gasteiger partial charge < -0.3 is 9.47 Å². The molecule has 1 aliphatic heterocycles. The van der Waals surface area contributed by atoms with Gasteiger partial charge in [-0.15, -0.1) is 11.3 Å². The molecule has 154 valence electrons. The predicted molar refractivity (Wildman–Crippen MR) is 114 cm³/mol. The zero-order chi connectivity index (χ0) is 20.6. The van der Waals surface area contributed by atoms with Crippen LogP contribution < -0.4 is 0 Å². The first-order valence-electron chi connectivity index (χ1n) is 9.31. The topological polar surface area (TPSA) is 78.8 Å². The van der Waals surface area contributed by atoms with Crippen molar-refractivity contribution < 1.29 is 13.2 Å². The number of nitrogens with zero attached hydrogens (tertiary/aromatic N) is 5. The van der Waals surface area contributed by atoms with Crippen molar-refractivity contribution in [2.45, 2.75) is 6.54 Å². The maximum absolute atomic E-state index is 13.0.